The van der Waals surface area contributed by atoms with Crippen LogP contribution in [0.3, 0.4) is 0 Å². The molecule has 0 aliphatic rings. The van der Waals surface area contributed by atoms with E-state index in [4.69, 9.17) is 14.7 Å². The van der Waals surface area contributed by atoms with Crippen molar-refractivity contribution in [1.29, 1.82) is 0 Å². The summed E-state index contributed by atoms with van der Waals surface area (Å²) in [5.41, 5.74) is 2.91. The van der Waals surface area contributed by atoms with Gasteiger partial charge in [0.2, 0.25) is 0 Å². The van der Waals surface area contributed by atoms with Gasteiger partial charge in [-0.1, -0.05) is 6.07 Å². The molecule has 1 aromatic carbocycles. The third kappa shape index (κ3) is 2.17. The number of hydroxylamine groups is 1. The lowest BCUT2D eigenvalue weighted by atomic mass is 10.2. The van der Waals surface area contributed by atoms with E-state index in [1.165, 1.54) is 0 Å². The molecule has 1 aromatic rings. The van der Waals surface area contributed by atoms with Gasteiger partial charge in [0, 0.05) is 12.1 Å². The molecule has 0 amide bonds. The molecule has 0 fully saturated rings. The van der Waals surface area contributed by atoms with Crippen LogP contribution in [0.2, 0.25) is 0 Å². The van der Waals surface area contributed by atoms with E-state index in [0.717, 1.165) is 10.0 Å². The van der Waals surface area contributed by atoms with Crippen LogP contribution in [0.4, 0.5) is 0 Å². The normalized spacial score (nSPS) is 10.0. The Balaban J connectivity index is 3.18. The molecule has 5 heteroatoms. The van der Waals surface area contributed by atoms with Gasteiger partial charge < -0.3 is 14.7 Å². The quantitative estimate of drug-likeness (QED) is 0.814. The summed E-state index contributed by atoms with van der Waals surface area (Å²) in [6.45, 7) is 0.312. The summed E-state index contributed by atoms with van der Waals surface area (Å²) in [4.78, 5) is 0. The first-order valence-electron chi connectivity index (χ1n) is 4.01. The van der Waals surface area contributed by atoms with E-state index in [2.05, 4.69) is 21.4 Å². The average Bonchev–Trinajstić information content (AvgIpc) is 2.20. The highest BCUT2D eigenvalue weighted by Gasteiger charge is 2.12. The maximum absolute atomic E-state index is 8.61. The molecular formula is C9H12BrNO3. The molecule has 0 radical (unpaired) electrons. The van der Waals surface area contributed by atoms with Crippen LogP contribution in [-0.2, 0) is 6.54 Å². The van der Waals surface area contributed by atoms with Crippen LogP contribution in [0.15, 0.2) is 16.6 Å². The van der Waals surface area contributed by atoms with E-state index < -0.39 is 0 Å². The van der Waals surface area contributed by atoms with Gasteiger partial charge in [-0.05, 0) is 22.0 Å². The second-order valence-electron chi connectivity index (χ2n) is 2.61. The van der Waals surface area contributed by atoms with Gasteiger partial charge in [-0.25, -0.2) is 5.48 Å². The second kappa shape index (κ2) is 5.19. The second-order valence-corrected chi connectivity index (χ2v) is 3.46. The summed E-state index contributed by atoms with van der Waals surface area (Å²) in [5.74, 6) is 1.24. The van der Waals surface area contributed by atoms with Gasteiger partial charge in [0.15, 0.2) is 11.5 Å². The fourth-order valence-electron chi connectivity index (χ4n) is 1.22. The summed E-state index contributed by atoms with van der Waals surface area (Å²) >= 11 is 3.35. The van der Waals surface area contributed by atoms with Crippen molar-refractivity contribution in [1.82, 2.24) is 5.48 Å². The fourth-order valence-corrected chi connectivity index (χ4v) is 1.69. The molecule has 0 saturated heterocycles. The Bertz CT molecular complexity index is 317. The average molecular weight is 262 g/mol. The molecule has 14 heavy (non-hydrogen) atoms. The monoisotopic (exact) mass is 261 g/mol. The van der Waals surface area contributed by atoms with Crippen molar-refractivity contribution in [2.45, 2.75) is 6.54 Å². The minimum absolute atomic E-state index is 0.312. The zero-order valence-corrected chi connectivity index (χ0v) is 9.59. The number of rotatable bonds is 4. The summed E-state index contributed by atoms with van der Waals surface area (Å²) < 4.78 is 11.2. The lowest BCUT2D eigenvalue weighted by molar-refractivity contribution is 0.160. The van der Waals surface area contributed by atoms with Gasteiger partial charge in [0.1, 0.15) is 0 Å². The van der Waals surface area contributed by atoms with Crippen molar-refractivity contribution in [3.63, 3.8) is 0 Å². The molecule has 0 spiro atoms. The standard InChI is InChI=1S/C9H12BrNO3/c1-13-8-6(5-11-12)3-4-7(10)9(8)14-2/h3-4,11-12H,5H2,1-2H3. The summed E-state index contributed by atoms with van der Waals surface area (Å²) in [5, 5.41) is 8.61. The number of halogens is 1. The van der Waals surface area contributed by atoms with Gasteiger partial charge in [0.05, 0.1) is 18.7 Å². The minimum Gasteiger partial charge on any atom is -0.492 e. The third-order valence-corrected chi connectivity index (χ3v) is 2.45. The van der Waals surface area contributed by atoms with Crippen molar-refractivity contribution in [2.75, 3.05) is 14.2 Å². The van der Waals surface area contributed by atoms with Crippen molar-refractivity contribution in [3.05, 3.63) is 22.2 Å². The summed E-state index contributed by atoms with van der Waals surface area (Å²) in [6, 6.07) is 3.68. The zero-order valence-electron chi connectivity index (χ0n) is 8.00. The van der Waals surface area contributed by atoms with E-state index in [1.54, 1.807) is 14.2 Å². The van der Waals surface area contributed by atoms with Crippen molar-refractivity contribution in [2.24, 2.45) is 0 Å². The molecule has 4 nitrogen and oxygen atoms in total. The van der Waals surface area contributed by atoms with Crippen LogP contribution >= 0.6 is 15.9 Å². The zero-order chi connectivity index (χ0) is 10.6. The maximum Gasteiger partial charge on any atom is 0.175 e. The molecule has 0 aliphatic heterocycles. The van der Waals surface area contributed by atoms with Crippen LogP contribution in [0, 0.1) is 0 Å². The van der Waals surface area contributed by atoms with E-state index >= 15 is 0 Å². The predicted octanol–water partition coefficient (Wildman–Crippen LogP) is 1.95. The Labute approximate surface area is 90.9 Å². The summed E-state index contributed by atoms with van der Waals surface area (Å²) in [6.07, 6.45) is 0. The van der Waals surface area contributed by atoms with Crippen LogP contribution in [0.25, 0.3) is 0 Å². The van der Waals surface area contributed by atoms with Gasteiger partial charge in [-0.2, -0.15) is 0 Å². The van der Waals surface area contributed by atoms with E-state index in [9.17, 15) is 0 Å². The van der Waals surface area contributed by atoms with Crippen LogP contribution in [0.1, 0.15) is 5.56 Å². The maximum atomic E-state index is 8.61. The first-order valence-corrected chi connectivity index (χ1v) is 4.80. The molecule has 0 bridgehead atoms. The van der Waals surface area contributed by atoms with Crippen molar-refractivity contribution < 1.29 is 14.7 Å². The Kier molecular flexibility index (Phi) is 4.19. The first kappa shape index (κ1) is 11.3. The number of benzene rings is 1. The molecule has 0 atom stereocenters. The Morgan fingerprint density at radius 1 is 1.29 bits per heavy atom. The molecule has 0 aliphatic carbocycles. The number of hydrogen-bond donors (Lipinski definition) is 2. The Morgan fingerprint density at radius 2 is 1.93 bits per heavy atom. The molecule has 0 unspecified atom stereocenters. The van der Waals surface area contributed by atoms with Gasteiger partial charge >= 0.3 is 0 Å². The smallest absolute Gasteiger partial charge is 0.175 e. The first-order chi connectivity index (χ1) is 6.74. The van der Waals surface area contributed by atoms with E-state index in [0.29, 0.717) is 18.0 Å². The molecule has 1 rings (SSSR count). The number of hydrogen-bond acceptors (Lipinski definition) is 4. The van der Waals surface area contributed by atoms with E-state index in [1.807, 2.05) is 12.1 Å². The molecule has 0 saturated carbocycles. The molecular weight excluding hydrogens is 250 g/mol. The lowest BCUT2D eigenvalue weighted by Gasteiger charge is -2.13. The number of methoxy groups -OCH3 is 2. The summed E-state index contributed by atoms with van der Waals surface area (Å²) in [7, 11) is 3.13. The minimum atomic E-state index is 0.312. The van der Waals surface area contributed by atoms with Crippen LogP contribution < -0.4 is 15.0 Å². The van der Waals surface area contributed by atoms with Crippen LogP contribution in [-0.4, -0.2) is 19.4 Å². The van der Waals surface area contributed by atoms with Crippen molar-refractivity contribution in [3.8, 4) is 11.5 Å². The highest BCUT2D eigenvalue weighted by Crippen LogP contribution is 2.37. The topological polar surface area (TPSA) is 50.7 Å². The third-order valence-electron chi connectivity index (χ3n) is 1.82. The number of nitrogens with one attached hydrogen (secondary N) is 1. The molecule has 2 N–H and O–H groups in total. The van der Waals surface area contributed by atoms with Gasteiger partial charge in [-0.15, -0.1) is 0 Å². The fraction of sp³-hybridized carbons (Fsp3) is 0.333. The van der Waals surface area contributed by atoms with Crippen LogP contribution in [0.5, 0.6) is 11.5 Å². The Hall–Kier alpha value is -0.780. The highest BCUT2D eigenvalue weighted by molar-refractivity contribution is 9.10. The van der Waals surface area contributed by atoms with Gasteiger partial charge in [0.25, 0.3) is 0 Å². The highest BCUT2D eigenvalue weighted by atomic mass is 79.9. The van der Waals surface area contributed by atoms with E-state index in [-0.39, 0.29) is 0 Å². The molecule has 0 heterocycles. The predicted molar refractivity (Wildman–Crippen MR) is 55.9 cm³/mol. The Morgan fingerprint density at radius 3 is 2.43 bits per heavy atom. The number of ether oxygens (including phenoxy) is 2. The van der Waals surface area contributed by atoms with Gasteiger partial charge in [-0.3, -0.25) is 0 Å². The molecule has 78 valence electrons. The lowest BCUT2D eigenvalue weighted by Crippen LogP contribution is -2.08. The SMILES string of the molecule is COc1c(Br)ccc(CNO)c1OC. The largest absolute Gasteiger partial charge is 0.492 e. The van der Waals surface area contributed by atoms with Crippen molar-refractivity contribution >= 4 is 15.9 Å². The molecule has 0 aromatic heterocycles.